The van der Waals surface area contributed by atoms with Crippen LogP contribution >= 0.6 is 0 Å². The zero-order valence-electron chi connectivity index (χ0n) is 11.8. The summed E-state index contributed by atoms with van der Waals surface area (Å²) in [5, 5.41) is 0. The zero-order valence-corrected chi connectivity index (χ0v) is 11.8. The molecule has 0 bridgehead atoms. The van der Waals surface area contributed by atoms with Crippen molar-refractivity contribution in [3.63, 3.8) is 0 Å². The molecule has 1 aromatic carbocycles. The molecule has 0 saturated carbocycles. The van der Waals surface area contributed by atoms with Gasteiger partial charge in [-0.2, -0.15) is 0 Å². The number of rotatable bonds is 1. The molecule has 0 spiro atoms. The molecular formula is C16H20N3+. The third-order valence-electron chi connectivity index (χ3n) is 3.96. The van der Waals surface area contributed by atoms with E-state index in [9.17, 15) is 0 Å². The third-order valence-corrected chi connectivity index (χ3v) is 3.96. The quantitative estimate of drug-likeness (QED) is 0.727. The van der Waals surface area contributed by atoms with E-state index in [4.69, 9.17) is 0 Å². The van der Waals surface area contributed by atoms with Crippen molar-refractivity contribution >= 4 is 11.4 Å². The molecule has 0 N–H and O–H groups in total. The SMILES string of the molecule is Cc1ccc2c(c1)C[N+](C)(c1cccnc1)CN2C. The number of benzene rings is 1. The van der Waals surface area contributed by atoms with E-state index in [-0.39, 0.29) is 0 Å². The molecule has 0 radical (unpaired) electrons. The number of aromatic nitrogens is 1. The van der Waals surface area contributed by atoms with Gasteiger partial charge in [-0.25, -0.2) is 0 Å². The number of anilines is 1. The summed E-state index contributed by atoms with van der Waals surface area (Å²) in [5.74, 6) is 0. The summed E-state index contributed by atoms with van der Waals surface area (Å²) in [6.45, 7) is 4.15. The molecule has 3 heteroatoms. The summed E-state index contributed by atoms with van der Waals surface area (Å²) in [7, 11) is 4.44. The summed E-state index contributed by atoms with van der Waals surface area (Å²) >= 11 is 0. The van der Waals surface area contributed by atoms with Gasteiger partial charge in [0.1, 0.15) is 6.54 Å². The molecule has 2 aromatic rings. The number of nitrogens with zero attached hydrogens (tertiary/aromatic N) is 3. The van der Waals surface area contributed by atoms with Crippen LogP contribution in [0, 0.1) is 6.92 Å². The van der Waals surface area contributed by atoms with E-state index in [1.807, 2.05) is 18.5 Å². The van der Waals surface area contributed by atoms with Crippen molar-refractivity contribution in [3.8, 4) is 0 Å². The Morgan fingerprint density at radius 2 is 2.11 bits per heavy atom. The lowest BCUT2D eigenvalue weighted by atomic mass is 10.0. The molecule has 1 unspecified atom stereocenters. The summed E-state index contributed by atoms with van der Waals surface area (Å²) in [4.78, 5) is 6.61. The molecular weight excluding hydrogens is 234 g/mol. The number of hydrogen-bond donors (Lipinski definition) is 0. The van der Waals surface area contributed by atoms with E-state index < -0.39 is 0 Å². The number of aryl methyl sites for hydroxylation is 1. The van der Waals surface area contributed by atoms with Crippen molar-refractivity contribution in [3.05, 3.63) is 53.9 Å². The van der Waals surface area contributed by atoms with Crippen molar-refractivity contribution in [1.29, 1.82) is 0 Å². The molecule has 0 amide bonds. The van der Waals surface area contributed by atoms with Crippen LogP contribution in [0.2, 0.25) is 0 Å². The Hall–Kier alpha value is -1.87. The topological polar surface area (TPSA) is 16.1 Å². The molecule has 1 aliphatic heterocycles. The zero-order chi connectivity index (χ0) is 13.5. The lowest BCUT2D eigenvalue weighted by Crippen LogP contribution is -2.54. The van der Waals surface area contributed by atoms with Gasteiger partial charge in [0.05, 0.1) is 13.2 Å². The number of quaternary nitrogens is 1. The largest absolute Gasteiger partial charge is 0.327 e. The van der Waals surface area contributed by atoms with Gasteiger partial charge in [-0.05, 0) is 25.1 Å². The minimum Gasteiger partial charge on any atom is -0.327 e. The lowest BCUT2D eigenvalue weighted by Gasteiger charge is -2.42. The summed E-state index contributed by atoms with van der Waals surface area (Å²) < 4.78 is 0.876. The van der Waals surface area contributed by atoms with Gasteiger partial charge in [0.25, 0.3) is 0 Å². The van der Waals surface area contributed by atoms with Crippen molar-refractivity contribution in [2.24, 2.45) is 0 Å². The van der Waals surface area contributed by atoms with Gasteiger partial charge in [0, 0.05) is 30.6 Å². The fraction of sp³-hybridized carbons (Fsp3) is 0.312. The minimum atomic E-state index is 0.876. The standard InChI is InChI=1S/C16H20N3/c1-13-6-7-16-14(9-13)11-19(3,12-18(16)2)15-5-4-8-17-10-15/h4-10H,11-12H2,1-3H3/q+1. The van der Waals surface area contributed by atoms with Crippen LogP contribution in [-0.4, -0.2) is 25.7 Å². The van der Waals surface area contributed by atoms with Crippen LogP contribution in [0.5, 0.6) is 0 Å². The molecule has 1 aromatic heterocycles. The highest BCUT2D eigenvalue weighted by molar-refractivity contribution is 5.59. The van der Waals surface area contributed by atoms with E-state index in [2.05, 4.69) is 55.2 Å². The summed E-state index contributed by atoms with van der Waals surface area (Å²) in [6, 6.07) is 10.9. The van der Waals surface area contributed by atoms with Gasteiger partial charge < -0.3 is 4.90 Å². The predicted octanol–water partition coefficient (Wildman–Crippen LogP) is 2.93. The fourth-order valence-corrected chi connectivity index (χ4v) is 3.03. The normalized spacial score (nSPS) is 22.2. The maximum absolute atomic E-state index is 4.27. The Bertz CT molecular complexity index is 594. The lowest BCUT2D eigenvalue weighted by molar-refractivity contribution is 0.310. The molecule has 1 aliphatic rings. The molecule has 1 atom stereocenters. The van der Waals surface area contributed by atoms with Crippen LogP contribution in [-0.2, 0) is 6.54 Å². The molecule has 3 nitrogen and oxygen atoms in total. The van der Waals surface area contributed by atoms with Crippen LogP contribution in [0.4, 0.5) is 11.4 Å². The first-order valence-electron chi connectivity index (χ1n) is 6.64. The molecule has 98 valence electrons. The monoisotopic (exact) mass is 254 g/mol. The average Bonchev–Trinajstić information content (AvgIpc) is 2.39. The second kappa shape index (κ2) is 4.35. The van der Waals surface area contributed by atoms with E-state index in [0.717, 1.165) is 17.7 Å². The molecule has 3 rings (SSSR count). The van der Waals surface area contributed by atoms with Crippen molar-refractivity contribution in [2.45, 2.75) is 13.5 Å². The van der Waals surface area contributed by atoms with Crippen LogP contribution in [0.1, 0.15) is 11.1 Å². The molecule has 2 heterocycles. The first-order valence-corrected chi connectivity index (χ1v) is 6.64. The first-order chi connectivity index (χ1) is 9.08. The van der Waals surface area contributed by atoms with E-state index in [1.54, 1.807) is 0 Å². The van der Waals surface area contributed by atoms with Crippen LogP contribution in [0.3, 0.4) is 0 Å². The predicted molar refractivity (Wildman–Crippen MR) is 80.1 cm³/mol. The Morgan fingerprint density at radius 3 is 2.84 bits per heavy atom. The van der Waals surface area contributed by atoms with E-state index in [0.29, 0.717) is 0 Å². The van der Waals surface area contributed by atoms with Gasteiger partial charge in [-0.3, -0.25) is 9.47 Å². The Morgan fingerprint density at radius 1 is 1.26 bits per heavy atom. The fourth-order valence-electron chi connectivity index (χ4n) is 3.03. The molecule has 0 aliphatic carbocycles. The van der Waals surface area contributed by atoms with Crippen molar-refractivity contribution in [1.82, 2.24) is 9.47 Å². The minimum absolute atomic E-state index is 0.876. The highest BCUT2D eigenvalue weighted by Gasteiger charge is 2.33. The maximum atomic E-state index is 4.27. The second-order valence-corrected chi connectivity index (χ2v) is 5.74. The highest BCUT2D eigenvalue weighted by Crippen LogP contribution is 2.33. The molecule has 0 saturated heterocycles. The van der Waals surface area contributed by atoms with E-state index in [1.165, 1.54) is 22.5 Å². The summed E-state index contributed by atoms with van der Waals surface area (Å²) in [5.41, 5.74) is 5.36. The highest BCUT2D eigenvalue weighted by atomic mass is 15.4. The molecule has 19 heavy (non-hydrogen) atoms. The number of fused-ring (bicyclic) bond motifs is 1. The summed E-state index contributed by atoms with van der Waals surface area (Å²) in [6.07, 6.45) is 3.82. The molecule has 0 fully saturated rings. The van der Waals surface area contributed by atoms with Gasteiger partial charge in [-0.1, -0.05) is 11.6 Å². The Balaban J connectivity index is 2.05. The Labute approximate surface area is 114 Å². The van der Waals surface area contributed by atoms with E-state index >= 15 is 0 Å². The second-order valence-electron chi connectivity index (χ2n) is 5.74. The van der Waals surface area contributed by atoms with Crippen LogP contribution in [0.15, 0.2) is 42.7 Å². The van der Waals surface area contributed by atoms with Crippen LogP contribution < -0.4 is 9.38 Å². The smallest absolute Gasteiger partial charge is 0.159 e. The van der Waals surface area contributed by atoms with Crippen LogP contribution in [0.25, 0.3) is 0 Å². The first kappa shape index (κ1) is 12.2. The van der Waals surface area contributed by atoms with Gasteiger partial charge in [0.15, 0.2) is 12.4 Å². The maximum Gasteiger partial charge on any atom is 0.159 e. The van der Waals surface area contributed by atoms with Gasteiger partial charge in [0.2, 0.25) is 0 Å². The number of hydrogen-bond acceptors (Lipinski definition) is 2. The third kappa shape index (κ3) is 2.10. The van der Waals surface area contributed by atoms with Crippen molar-refractivity contribution < 1.29 is 0 Å². The van der Waals surface area contributed by atoms with Gasteiger partial charge in [-0.15, -0.1) is 0 Å². The van der Waals surface area contributed by atoms with Gasteiger partial charge >= 0.3 is 0 Å². The number of pyridine rings is 1. The Kier molecular flexibility index (Phi) is 2.79. The van der Waals surface area contributed by atoms with Crippen molar-refractivity contribution in [2.75, 3.05) is 25.7 Å². The average molecular weight is 254 g/mol.